The van der Waals surface area contributed by atoms with Crippen LogP contribution >= 0.6 is 11.3 Å². The first-order valence-corrected chi connectivity index (χ1v) is 6.16. The second-order valence-corrected chi connectivity index (χ2v) is 4.95. The Hall–Kier alpha value is -1.26. The highest BCUT2D eigenvalue weighted by atomic mass is 32.1. The molecule has 0 fully saturated rings. The molecular formula is C13H13F2NS. The lowest BCUT2D eigenvalue weighted by Crippen LogP contribution is -2.10. The third-order valence-corrected chi connectivity index (χ3v) is 3.98. The third kappa shape index (κ3) is 2.53. The van der Waals surface area contributed by atoms with E-state index >= 15 is 0 Å². The minimum Gasteiger partial charge on any atom is -0.313 e. The molecule has 1 N–H and O–H groups in total. The maximum absolute atomic E-state index is 13.6. The molecule has 4 heteroatoms. The van der Waals surface area contributed by atoms with Crippen LogP contribution in [0.2, 0.25) is 0 Å². The van der Waals surface area contributed by atoms with Crippen molar-refractivity contribution in [2.75, 3.05) is 7.05 Å². The van der Waals surface area contributed by atoms with E-state index in [0.717, 1.165) is 21.9 Å². The summed E-state index contributed by atoms with van der Waals surface area (Å²) in [4.78, 5) is 1.85. The largest absolute Gasteiger partial charge is 0.313 e. The predicted octanol–water partition coefficient (Wildman–Crippen LogP) is 3.97. The Bertz CT molecular complexity index is 522. The van der Waals surface area contributed by atoms with Gasteiger partial charge < -0.3 is 5.32 Å². The Morgan fingerprint density at radius 3 is 2.65 bits per heavy atom. The average Bonchev–Trinajstić information content (AvgIpc) is 2.80. The van der Waals surface area contributed by atoms with Crippen molar-refractivity contribution in [3.05, 3.63) is 46.8 Å². The van der Waals surface area contributed by atoms with Crippen molar-refractivity contribution in [2.24, 2.45) is 0 Å². The highest BCUT2D eigenvalue weighted by Crippen LogP contribution is 2.33. The van der Waals surface area contributed by atoms with Crippen molar-refractivity contribution in [2.45, 2.75) is 13.0 Å². The Labute approximate surface area is 103 Å². The van der Waals surface area contributed by atoms with Crippen molar-refractivity contribution in [3.63, 3.8) is 0 Å². The number of hydrogen-bond donors (Lipinski definition) is 1. The van der Waals surface area contributed by atoms with E-state index in [0.29, 0.717) is 5.56 Å². The van der Waals surface area contributed by atoms with Gasteiger partial charge in [-0.05, 0) is 44.3 Å². The van der Waals surface area contributed by atoms with E-state index in [2.05, 4.69) is 5.32 Å². The summed E-state index contributed by atoms with van der Waals surface area (Å²) < 4.78 is 26.7. The first-order chi connectivity index (χ1) is 8.11. The van der Waals surface area contributed by atoms with Gasteiger partial charge >= 0.3 is 0 Å². The molecule has 0 aliphatic rings. The summed E-state index contributed by atoms with van der Waals surface area (Å²) in [5, 5.41) is 3.11. The van der Waals surface area contributed by atoms with Gasteiger partial charge in [0.25, 0.3) is 0 Å². The molecule has 0 amide bonds. The highest BCUT2D eigenvalue weighted by Gasteiger charge is 2.11. The summed E-state index contributed by atoms with van der Waals surface area (Å²) in [6.07, 6.45) is 0. The third-order valence-electron chi connectivity index (χ3n) is 2.68. The van der Waals surface area contributed by atoms with Crippen LogP contribution < -0.4 is 5.32 Å². The molecule has 0 bridgehead atoms. The molecule has 1 aromatic carbocycles. The van der Waals surface area contributed by atoms with Gasteiger partial charge in [-0.3, -0.25) is 0 Å². The van der Waals surface area contributed by atoms with Gasteiger partial charge in [0.2, 0.25) is 0 Å². The molecule has 90 valence electrons. The van der Waals surface area contributed by atoms with Crippen molar-refractivity contribution in [1.29, 1.82) is 0 Å². The fourth-order valence-corrected chi connectivity index (χ4v) is 2.65. The van der Waals surface area contributed by atoms with Crippen LogP contribution in [-0.2, 0) is 0 Å². The van der Waals surface area contributed by atoms with Gasteiger partial charge in [0.05, 0.1) is 0 Å². The quantitative estimate of drug-likeness (QED) is 0.872. The van der Waals surface area contributed by atoms with E-state index in [9.17, 15) is 8.78 Å². The summed E-state index contributed by atoms with van der Waals surface area (Å²) in [7, 11) is 1.87. The lowest BCUT2D eigenvalue weighted by atomic mass is 10.1. The van der Waals surface area contributed by atoms with Crippen molar-refractivity contribution in [3.8, 4) is 10.4 Å². The summed E-state index contributed by atoms with van der Waals surface area (Å²) >= 11 is 1.47. The molecule has 0 saturated carbocycles. The van der Waals surface area contributed by atoms with Crippen LogP contribution in [0.25, 0.3) is 10.4 Å². The van der Waals surface area contributed by atoms with Crippen LogP contribution in [0.15, 0.2) is 30.3 Å². The van der Waals surface area contributed by atoms with E-state index in [1.165, 1.54) is 17.4 Å². The van der Waals surface area contributed by atoms with E-state index in [1.807, 2.05) is 26.1 Å². The normalized spacial score (nSPS) is 12.7. The molecular weight excluding hydrogens is 240 g/mol. The number of rotatable bonds is 3. The molecule has 0 aliphatic carbocycles. The maximum atomic E-state index is 13.6. The second kappa shape index (κ2) is 4.94. The van der Waals surface area contributed by atoms with Gasteiger partial charge in [-0.2, -0.15) is 0 Å². The van der Waals surface area contributed by atoms with Crippen molar-refractivity contribution >= 4 is 11.3 Å². The van der Waals surface area contributed by atoms with Gasteiger partial charge in [0, 0.05) is 21.4 Å². The lowest BCUT2D eigenvalue weighted by molar-refractivity contribution is 0.603. The highest BCUT2D eigenvalue weighted by molar-refractivity contribution is 7.15. The minimum absolute atomic E-state index is 0.213. The van der Waals surface area contributed by atoms with Crippen LogP contribution in [0.3, 0.4) is 0 Å². The summed E-state index contributed by atoms with van der Waals surface area (Å²) in [5.74, 6) is -0.810. The lowest BCUT2D eigenvalue weighted by Gasteiger charge is -2.06. The second-order valence-electron chi connectivity index (χ2n) is 3.84. The first kappa shape index (κ1) is 12.2. The monoisotopic (exact) mass is 253 g/mol. The molecule has 2 aromatic rings. The van der Waals surface area contributed by atoms with E-state index in [-0.39, 0.29) is 6.04 Å². The zero-order valence-electron chi connectivity index (χ0n) is 9.63. The molecule has 17 heavy (non-hydrogen) atoms. The van der Waals surface area contributed by atoms with Gasteiger partial charge in [-0.1, -0.05) is 0 Å². The van der Waals surface area contributed by atoms with Crippen LogP contribution in [0.4, 0.5) is 8.78 Å². The summed E-state index contributed by atoms with van der Waals surface area (Å²) in [6.45, 7) is 2.03. The predicted molar refractivity (Wildman–Crippen MR) is 67.1 cm³/mol. The molecule has 1 heterocycles. The molecule has 0 aliphatic heterocycles. The molecule has 1 unspecified atom stereocenters. The zero-order valence-corrected chi connectivity index (χ0v) is 10.4. The molecule has 1 aromatic heterocycles. The minimum atomic E-state index is -0.419. The van der Waals surface area contributed by atoms with Crippen LogP contribution in [-0.4, -0.2) is 7.05 Å². The molecule has 1 nitrogen and oxygen atoms in total. The molecule has 0 saturated heterocycles. The number of thiophene rings is 1. The van der Waals surface area contributed by atoms with E-state index in [4.69, 9.17) is 0 Å². The SMILES string of the molecule is CNC(C)c1ccc(-c2cc(F)ccc2F)s1. The Balaban J connectivity index is 2.40. The van der Waals surface area contributed by atoms with Crippen LogP contribution in [0, 0.1) is 11.6 Å². The molecule has 0 radical (unpaired) electrons. The van der Waals surface area contributed by atoms with E-state index in [1.54, 1.807) is 0 Å². The molecule has 2 rings (SSSR count). The molecule has 1 atom stereocenters. The maximum Gasteiger partial charge on any atom is 0.132 e. The zero-order chi connectivity index (χ0) is 12.4. The van der Waals surface area contributed by atoms with Gasteiger partial charge in [-0.15, -0.1) is 11.3 Å². The van der Waals surface area contributed by atoms with Crippen molar-refractivity contribution in [1.82, 2.24) is 5.32 Å². The molecule has 0 spiro atoms. The standard InChI is InChI=1S/C13H13F2NS/c1-8(16-2)12-5-6-13(17-12)10-7-9(14)3-4-11(10)15/h3-8,16H,1-2H3. The number of halogens is 2. The van der Waals surface area contributed by atoms with E-state index < -0.39 is 11.6 Å². The number of benzene rings is 1. The van der Waals surface area contributed by atoms with Crippen LogP contribution in [0.1, 0.15) is 17.8 Å². The smallest absolute Gasteiger partial charge is 0.132 e. The average molecular weight is 253 g/mol. The fourth-order valence-electron chi connectivity index (χ4n) is 1.56. The Morgan fingerprint density at radius 2 is 1.94 bits per heavy atom. The topological polar surface area (TPSA) is 12.0 Å². The number of hydrogen-bond acceptors (Lipinski definition) is 2. The fraction of sp³-hybridized carbons (Fsp3) is 0.231. The number of nitrogens with one attached hydrogen (secondary N) is 1. The Morgan fingerprint density at radius 1 is 1.18 bits per heavy atom. The van der Waals surface area contributed by atoms with Gasteiger partial charge in [0.15, 0.2) is 0 Å². The van der Waals surface area contributed by atoms with Gasteiger partial charge in [0.1, 0.15) is 11.6 Å². The Kier molecular flexibility index (Phi) is 3.54. The first-order valence-electron chi connectivity index (χ1n) is 5.34. The summed E-state index contributed by atoms with van der Waals surface area (Å²) in [5.41, 5.74) is 0.324. The van der Waals surface area contributed by atoms with Crippen molar-refractivity contribution < 1.29 is 8.78 Å². The summed E-state index contributed by atoms with van der Waals surface area (Å²) in [6, 6.07) is 7.49. The van der Waals surface area contributed by atoms with Gasteiger partial charge in [-0.25, -0.2) is 8.78 Å². The van der Waals surface area contributed by atoms with Crippen LogP contribution in [0.5, 0.6) is 0 Å².